The van der Waals surface area contributed by atoms with Crippen molar-refractivity contribution in [2.24, 2.45) is 0 Å². The van der Waals surface area contributed by atoms with Gasteiger partial charge in [-0.05, 0) is 122 Å². The van der Waals surface area contributed by atoms with Gasteiger partial charge in [0.25, 0.3) is 0 Å². The fourth-order valence-corrected chi connectivity index (χ4v) is 9.30. The van der Waals surface area contributed by atoms with E-state index in [-0.39, 0.29) is 31.1 Å². The van der Waals surface area contributed by atoms with Gasteiger partial charge in [0, 0.05) is 19.3 Å². The van der Waals surface area contributed by atoms with Gasteiger partial charge >= 0.3 is 17.9 Å². The zero-order valence-corrected chi connectivity index (χ0v) is 51.9. The standard InChI is InChI=1S/C73H124O6/c1-4-7-10-13-16-19-22-25-28-31-33-35-36-38-39-42-45-48-51-54-57-60-63-66-72(75)78-69-70(68-77-71(74)65-62-59-56-53-50-47-44-41-30-27-24-21-18-15-12-9-6-3)79-73(76)67-64-61-58-55-52-49-46-43-40-37-34-32-29-26-23-20-17-14-11-8-5-2/h7,9-10,12,16,18-19,21,25,27-28,30,32-35,44,47,70H,4-6,8,11,13-15,17,20,22-24,26,29,31,36-43,45-46,48-69H2,1-3H3/b10-7-,12-9-,19-16-,21-18-,28-25-,30-27-,34-32-,35-33-,47-44-. The number of carbonyl (C=O) groups is 3. The topological polar surface area (TPSA) is 78.9 Å². The van der Waals surface area contributed by atoms with Crippen molar-refractivity contribution in [2.45, 2.75) is 322 Å². The molecule has 0 aliphatic carbocycles. The number of hydrogen-bond donors (Lipinski definition) is 0. The first-order valence-electron chi connectivity index (χ1n) is 33.4. The summed E-state index contributed by atoms with van der Waals surface area (Å²) in [4.78, 5) is 38.4. The maximum atomic E-state index is 12.9. The molecule has 0 bridgehead atoms. The minimum Gasteiger partial charge on any atom is -0.462 e. The third-order valence-corrected chi connectivity index (χ3v) is 14.2. The molecule has 0 saturated heterocycles. The Hall–Kier alpha value is -3.93. The van der Waals surface area contributed by atoms with Crippen molar-refractivity contribution in [3.63, 3.8) is 0 Å². The number of hydrogen-bond acceptors (Lipinski definition) is 6. The summed E-state index contributed by atoms with van der Waals surface area (Å²) in [5.41, 5.74) is 0. The lowest BCUT2D eigenvalue weighted by atomic mass is 10.0. The van der Waals surface area contributed by atoms with Gasteiger partial charge < -0.3 is 14.2 Å². The van der Waals surface area contributed by atoms with Crippen LogP contribution in [-0.4, -0.2) is 37.2 Å². The van der Waals surface area contributed by atoms with Crippen LogP contribution in [0.25, 0.3) is 0 Å². The zero-order valence-electron chi connectivity index (χ0n) is 51.9. The molecule has 0 rings (SSSR count). The molecular formula is C73H124O6. The summed E-state index contributed by atoms with van der Waals surface area (Å²) in [5.74, 6) is -0.909. The number of esters is 3. The highest BCUT2D eigenvalue weighted by Crippen LogP contribution is 2.16. The summed E-state index contributed by atoms with van der Waals surface area (Å²) in [6, 6.07) is 0. The summed E-state index contributed by atoms with van der Waals surface area (Å²) >= 11 is 0. The number of ether oxygens (including phenoxy) is 3. The molecule has 0 fully saturated rings. The van der Waals surface area contributed by atoms with Crippen molar-refractivity contribution >= 4 is 17.9 Å². The van der Waals surface area contributed by atoms with Crippen molar-refractivity contribution in [1.82, 2.24) is 0 Å². The second-order valence-electron chi connectivity index (χ2n) is 22.0. The van der Waals surface area contributed by atoms with Gasteiger partial charge in [-0.1, -0.05) is 284 Å². The molecule has 0 aromatic carbocycles. The van der Waals surface area contributed by atoms with Crippen LogP contribution in [0, 0.1) is 0 Å². The highest BCUT2D eigenvalue weighted by molar-refractivity contribution is 5.71. The van der Waals surface area contributed by atoms with E-state index in [2.05, 4.69) is 130 Å². The average Bonchev–Trinajstić information content (AvgIpc) is 3.45. The third kappa shape index (κ3) is 64.8. The van der Waals surface area contributed by atoms with Gasteiger partial charge in [0.2, 0.25) is 0 Å². The Morgan fingerprint density at radius 1 is 0.266 bits per heavy atom. The highest BCUT2D eigenvalue weighted by atomic mass is 16.6. The first-order valence-corrected chi connectivity index (χ1v) is 33.4. The maximum absolute atomic E-state index is 12.9. The predicted molar refractivity (Wildman–Crippen MR) is 343 cm³/mol. The van der Waals surface area contributed by atoms with E-state index >= 15 is 0 Å². The Labute approximate surface area is 489 Å². The number of unbranched alkanes of at least 4 members (excludes halogenated alkanes) is 31. The van der Waals surface area contributed by atoms with Crippen molar-refractivity contribution in [1.29, 1.82) is 0 Å². The predicted octanol–water partition coefficient (Wildman–Crippen LogP) is 23.0. The quantitative estimate of drug-likeness (QED) is 0.0261. The van der Waals surface area contributed by atoms with Crippen LogP contribution in [0.4, 0.5) is 0 Å². The molecule has 1 atom stereocenters. The molecule has 1 unspecified atom stereocenters. The largest absolute Gasteiger partial charge is 0.462 e. The fraction of sp³-hybridized carbons (Fsp3) is 0.712. The molecule has 0 saturated carbocycles. The lowest BCUT2D eigenvalue weighted by molar-refractivity contribution is -0.167. The van der Waals surface area contributed by atoms with Gasteiger partial charge in [-0.3, -0.25) is 14.4 Å². The molecule has 6 nitrogen and oxygen atoms in total. The molecule has 452 valence electrons. The highest BCUT2D eigenvalue weighted by Gasteiger charge is 2.19. The zero-order chi connectivity index (χ0) is 57.1. The Morgan fingerprint density at radius 2 is 0.494 bits per heavy atom. The third-order valence-electron chi connectivity index (χ3n) is 14.2. The molecule has 0 radical (unpaired) electrons. The second-order valence-corrected chi connectivity index (χ2v) is 22.0. The van der Waals surface area contributed by atoms with Crippen LogP contribution in [0.5, 0.6) is 0 Å². The first kappa shape index (κ1) is 75.1. The fourth-order valence-electron chi connectivity index (χ4n) is 9.30. The normalized spacial score (nSPS) is 12.8. The Bertz CT molecular complexity index is 1590. The molecule has 0 N–H and O–H groups in total. The van der Waals surface area contributed by atoms with E-state index in [1.807, 2.05) is 0 Å². The molecule has 0 aromatic rings. The SMILES string of the molecule is CC/C=C\C/C=C\C/C=C\C/C=C\CCCCCCCCCCCCC(=O)OCC(COC(=O)CCCCCC/C=C\C/C=C\C/C=C\C/C=C\CC)OC(=O)CCCCCCCCCCC/C=C\CCCCCCCCCC. The van der Waals surface area contributed by atoms with Gasteiger partial charge in [-0.15, -0.1) is 0 Å². The first-order chi connectivity index (χ1) is 39.0. The van der Waals surface area contributed by atoms with Crippen LogP contribution in [0.1, 0.15) is 316 Å². The molecule has 0 heterocycles. The van der Waals surface area contributed by atoms with Crippen molar-refractivity contribution in [3.05, 3.63) is 109 Å². The summed E-state index contributed by atoms with van der Waals surface area (Å²) in [6.45, 7) is 6.42. The molecule has 79 heavy (non-hydrogen) atoms. The lowest BCUT2D eigenvalue weighted by Gasteiger charge is -2.18. The smallest absolute Gasteiger partial charge is 0.306 e. The molecule has 0 spiro atoms. The van der Waals surface area contributed by atoms with Gasteiger partial charge in [0.1, 0.15) is 13.2 Å². The van der Waals surface area contributed by atoms with Crippen molar-refractivity contribution < 1.29 is 28.6 Å². The monoisotopic (exact) mass is 1100 g/mol. The summed E-state index contributed by atoms with van der Waals surface area (Å²) < 4.78 is 17.0. The van der Waals surface area contributed by atoms with Crippen molar-refractivity contribution in [3.8, 4) is 0 Å². The molecule has 0 amide bonds. The van der Waals surface area contributed by atoms with Gasteiger partial charge in [0.15, 0.2) is 6.10 Å². The molecule has 0 aromatic heterocycles. The Balaban J connectivity index is 4.40. The van der Waals surface area contributed by atoms with E-state index in [4.69, 9.17) is 14.2 Å². The van der Waals surface area contributed by atoms with Crippen LogP contribution in [-0.2, 0) is 28.6 Å². The Morgan fingerprint density at radius 3 is 0.785 bits per heavy atom. The minimum atomic E-state index is -0.795. The van der Waals surface area contributed by atoms with Crippen molar-refractivity contribution in [2.75, 3.05) is 13.2 Å². The van der Waals surface area contributed by atoms with E-state index in [0.29, 0.717) is 19.3 Å². The molecule has 0 aliphatic rings. The Kier molecular flexibility index (Phi) is 63.3. The van der Waals surface area contributed by atoms with Crippen LogP contribution in [0.15, 0.2) is 109 Å². The van der Waals surface area contributed by atoms with Crippen LogP contribution >= 0.6 is 0 Å². The number of carbonyl (C=O) groups excluding carboxylic acids is 3. The molecule has 6 heteroatoms. The van der Waals surface area contributed by atoms with Crippen LogP contribution < -0.4 is 0 Å². The average molecular weight is 1100 g/mol. The van der Waals surface area contributed by atoms with E-state index in [0.717, 1.165) is 122 Å². The maximum Gasteiger partial charge on any atom is 0.306 e. The second kappa shape index (κ2) is 66.6. The van der Waals surface area contributed by atoms with Gasteiger partial charge in [-0.2, -0.15) is 0 Å². The molecule has 0 aliphatic heterocycles. The van der Waals surface area contributed by atoms with E-state index < -0.39 is 6.10 Å². The van der Waals surface area contributed by atoms with Crippen LogP contribution in [0.3, 0.4) is 0 Å². The number of rotatable bonds is 60. The lowest BCUT2D eigenvalue weighted by Crippen LogP contribution is -2.30. The van der Waals surface area contributed by atoms with E-state index in [1.54, 1.807) is 0 Å². The number of allylic oxidation sites excluding steroid dienone is 18. The van der Waals surface area contributed by atoms with E-state index in [1.165, 1.54) is 154 Å². The summed E-state index contributed by atoms with van der Waals surface area (Å²) in [5, 5.41) is 0. The van der Waals surface area contributed by atoms with Gasteiger partial charge in [-0.25, -0.2) is 0 Å². The van der Waals surface area contributed by atoms with Gasteiger partial charge in [0.05, 0.1) is 0 Å². The van der Waals surface area contributed by atoms with Crippen LogP contribution in [0.2, 0.25) is 0 Å². The molecular weight excluding hydrogens is 973 g/mol. The van der Waals surface area contributed by atoms with E-state index in [9.17, 15) is 14.4 Å². The minimum absolute atomic E-state index is 0.0891. The summed E-state index contributed by atoms with van der Waals surface area (Å²) in [7, 11) is 0. The summed E-state index contributed by atoms with van der Waals surface area (Å²) in [6.07, 6.45) is 91.0.